The Morgan fingerprint density at radius 2 is 1.95 bits per heavy atom. The third-order valence-electron chi connectivity index (χ3n) is 2.65. The molecule has 7 heteroatoms. The van der Waals surface area contributed by atoms with E-state index in [-0.39, 0.29) is 17.9 Å². The summed E-state index contributed by atoms with van der Waals surface area (Å²) in [4.78, 5) is 21.4. The largest absolute Gasteiger partial charge is 0.481 e. The van der Waals surface area contributed by atoms with Crippen LogP contribution in [0.4, 0.5) is 5.69 Å². The Balaban J connectivity index is 2.39. The van der Waals surface area contributed by atoms with Crippen molar-refractivity contribution in [1.82, 2.24) is 0 Å². The normalized spacial score (nSPS) is 10.1. The van der Waals surface area contributed by atoms with E-state index in [4.69, 9.17) is 9.84 Å². The van der Waals surface area contributed by atoms with Gasteiger partial charge in [0, 0.05) is 15.2 Å². The molecule has 0 amide bonds. The van der Waals surface area contributed by atoms with Crippen LogP contribution in [0.25, 0.3) is 0 Å². The number of hydrogen-bond donors (Lipinski definition) is 1. The lowest BCUT2D eigenvalue weighted by atomic mass is 10.1. The lowest BCUT2D eigenvalue weighted by Gasteiger charge is -2.10. The van der Waals surface area contributed by atoms with Crippen LogP contribution < -0.4 is 4.74 Å². The molecule has 2 aromatic carbocycles. The van der Waals surface area contributed by atoms with Gasteiger partial charge in [0.15, 0.2) is 0 Å². The van der Waals surface area contributed by atoms with Crippen molar-refractivity contribution in [2.45, 2.75) is 6.42 Å². The Morgan fingerprint density at radius 1 is 1.24 bits per heavy atom. The Hall–Kier alpha value is -2.16. The number of carbonyl (C=O) groups is 1. The first-order valence-electron chi connectivity index (χ1n) is 5.89. The molecule has 0 aromatic heterocycles. The van der Waals surface area contributed by atoms with Crippen molar-refractivity contribution in [3.8, 4) is 11.5 Å². The van der Waals surface area contributed by atoms with E-state index in [1.165, 1.54) is 12.1 Å². The predicted octanol–water partition coefficient (Wildman–Crippen LogP) is 3.62. The van der Waals surface area contributed by atoms with Gasteiger partial charge in [0.05, 0.1) is 11.3 Å². The summed E-state index contributed by atoms with van der Waals surface area (Å²) in [5.41, 5.74) is 0.296. The number of nitrogens with zero attached hydrogens (tertiary/aromatic N) is 1. The summed E-state index contributed by atoms with van der Waals surface area (Å²) in [6.45, 7) is 0. The van der Waals surface area contributed by atoms with E-state index < -0.39 is 10.9 Å². The molecule has 2 rings (SSSR count). The molecular formula is C14H10INO5. The van der Waals surface area contributed by atoms with Crippen LogP contribution in [0.5, 0.6) is 11.5 Å². The van der Waals surface area contributed by atoms with Crippen LogP contribution in [0, 0.1) is 13.7 Å². The molecule has 0 fully saturated rings. The van der Waals surface area contributed by atoms with Crippen molar-refractivity contribution >= 4 is 34.2 Å². The Kier molecular flexibility index (Phi) is 4.73. The smallest absolute Gasteiger partial charge is 0.312 e. The molecule has 2 aromatic rings. The molecule has 1 N–H and O–H groups in total. The number of hydrogen-bond acceptors (Lipinski definition) is 4. The summed E-state index contributed by atoms with van der Waals surface area (Å²) >= 11 is 1.97. The average molecular weight is 399 g/mol. The van der Waals surface area contributed by atoms with Crippen molar-refractivity contribution in [3.63, 3.8) is 0 Å². The SMILES string of the molecule is O=C(O)Cc1ccccc1Oc1ccc(I)cc1[N+](=O)[O-]. The molecule has 0 saturated carbocycles. The van der Waals surface area contributed by atoms with Gasteiger partial charge in [-0.25, -0.2) is 0 Å². The quantitative estimate of drug-likeness (QED) is 0.471. The van der Waals surface area contributed by atoms with Crippen LogP contribution in [-0.2, 0) is 11.2 Å². The lowest BCUT2D eigenvalue weighted by Crippen LogP contribution is -2.02. The molecular weight excluding hydrogens is 389 g/mol. The molecule has 0 aliphatic carbocycles. The van der Waals surface area contributed by atoms with E-state index in [2.05, 4.69) is 0 Å². The van der Waals surface area contributed by atoms with Crippen molar-refractivity contribution < 1.29 is 19.6 Å². The number of carboxylic acids is 1. The third-order valence-corrected chi connectivity index (χ3v) is 3.32. The van der Waals surface area contributed by atoms with Gasteiger partial charge in [-0.2, -0.15) is 0 Å². The fourth-order valence-electron chi connectivity index (χ4n) is 1.75. The summed E-state index contributed by atoms with van der Waals surface area (Å²) in [6, 6.07) is 11.1. The highest BCUT2D eigenvalue weighted by atomic mass is 127. The Morgan fingerprint density at radius 3 is 2.62 bits per heavy atom. The molecule has 0 heterocycles. The molecule has 0 bridgehead atoms. The highest BCUT2D eigenvalue weighted by Crippen LogP contribution is 2.34. The average Bonchev–Trinajstić information content (AvgIpc) is 2.42. The number of aliphatic carboxylic acids is 1. The fourth-order valence-corrected chi connectivity index (χ4v) is 2.23. The molecule has 0 saturated heterocycles. The first-order chi connectivity index (χ1) is 9.97. The highest BCUT2D eigenvalue weighted by molar-refractivity contribution is 14.1. The van der Waals surface area contributed by atoms with Gasteiger partial charge in [0.1, 0.15) is 5.75 Å². The minimum Gasteiger partial charge on any atom is -0.481 e. The summed E-state index contributed by atoms with van der Waals surface area (Å²) in [5, 5.41) is 19.9. The zero-order valence-corrected chi connectivity index (χ0v) is 12.8. The van der Waals surface area contributed by atoms with Crippen LogP contribution in [0.3, 0.4) is 0 Å². The zero-order chi connectivity index (χ0) is 15.4. The number of ether oxygens (including phenoxy) is 1. The summed E-state index contributed by atoms with van der Waals surface area (Å²) < 4.78 is 6.26. The van der Waals surface area contributed by atoms with Crippen LogP contribution >= 0.6 is 22.6 Å². The van der Waals surface area contributed by atoms with Crippen LogP contribution in [0.1, 0.15) is 5.56 Å². The predicted molar refractivity (Wildman–Crippen MR) is 83.7 cm³/mol. The molecule has 0 unspecified atom stereocenters. The molecule has 108 valence electrons. The second-order valence-corrected chi connectivity index (χ2v) is 5.40. The number of benzene rings is 2. The fraction of sp³-hybridized carbons (Fsp3) is 0.0714. The van der Waals surface area contributed by atoms with Gasteiger partial charge in [-0.05, 0) is 40.8 Å². The molecule has 0 spiro atoms. The van der Waals surface area contributed by atoms with E-state index >= 15 is 0 Å². The summed E-state index contributed by atoms with van der Waals surface area (Å²) in [6.07, 6.45) is -0.214. The van der Waals surface area contributed by atoms with Crippen molar-refractivity contribution in [3.05, 3.63) is 61.7 Å². The monoisotopic (exact) mass is 399 g/mol. The first kappa shape index (κ1) is 15.2. The topological polar surface area (TPSA) is 89.7 Å². The molecule has 21 heavy (non-hydrogen) atoms. The van der Waals surface area contributed by atoms with E-state index in [0.717, 1.165) is 0 Å². The van der Waals surface area contributed by atoms with Gasteiger partial charge in [0.25, 0.3) is 0 Å². The maximum atomic E-state index is 11.1. The van der Waals surface area contributed by atoms with Gasteiger partial charge >= 0.3 is 11.7 Å². The molecule has 0 atom stereocenters. The zero-order valence-electron chi connectivity index (χ0n) is 10.7. The van der Waals surface area contributed by atoms with Crippen molar-refractivity contribution in [1.29, 1.82) is 0 Å². The van der Waals surface area contributed by atoms with E-state index in [1.807, 2.05) is 22.6 Å². The van der Waals surface area contributed by atoms with Gasteiger partial charge < -0.3 is 9.84 Å². The lowest BCUT2D eigenvalue weighted by molar-refractivity contribution is -0.385. The highest BCUT2D eigenvalue weighted by Gasteiger charge is 2.18. The first-order valence-corrected chi connectivity index (χ1v) is 6.96. The van der Waals surface area contributed by atoms with E-state index in [1.54, 1.807) is 30.3 Å². The number of carboxylic acid groups (broad SMARTS) is 1. The minimum absolute atomic E-state index is 0.0817. The Labute approximate surface area is 133 Å². The van der Waals surface area contributed by atoms with Crippen LogP contribution in [0.15, 0.2) is 42.5 Å². The number of para-hydroxylation sites is 1. The number of nitro groups is 1. The standard InChI is InChI=1S/C14H10INO5/c15-10-5-6-13(11(8-10)16(19)20)21-12-4-2-1-3-9(12)7-14(17)18/h1-6,8H,7H2,(H,17,18). The molecule has 0 radical (unpaired) electrons. The van der Waals surface area contributed by atoms with Crippen molar-refractivity contribution in [2.24, 2.45) is 0 Å². The number of rotatable bonds is 5. The third kappa shape index (κ3) is 3.91. The maximum Gasteiger partial charge on any atom is 0.312 e. The minimum atomic E-state index is -0.997. The molecule has 0 aliphatic heterocycles. The summed E-state index contributed by atoms with van der Waals surface area (Å²) in [7, 11) is 0. The van der Waals surface area contributed by atoms with Crippen molar-refractivity contribution in [2.75, 3.05) is 0 Å². The second-order valence-electron chi connectivity index (χ2n) is 4.15. The van der Waals surface area contributed by atoms with E-state index in [9.17, 15) is 14.9 Å². The second kappa shape index (κ2) is 6.53. The molecule has 0 aliphatic rings. The van der Waals surface area contributed by atoms with Gasteiger partial charge in [-0.1, -0.05) is 18.2 Å². The van der Waals surface area contributed by atoms with Gasteiger partial charge in [-0.15, -0.1) is 0 Å². The van der Waals surface area contributed by atoms with Crippen LogP contribution in [0.2, 0.25) is 0 Å². The van der Waals surface area contributed by atoms with Gasteiger partial charge in [0.2, 0.25) is 5.75 Å². The summed E-state index contributed by atoms with van der Waals surface area (Å²) in [5.74, 6) is -0.620. The Bertz CT molecular complexity index is 702. The maximum absolute atomic E-state index is 11.1. The molecule has 6 nitrogen and oxygen atoms in total. The van der Waals surface area contributed by atoms with Gasteiger partial charge in [-0.3, -0.25) is 14.9 Å². The van der Waals surface area contributed by atoms with E-state index in [0.29, 0.717) is 14.9 Å². The number of halogens is 1. The number of nitro benzene ring substituents is 1. The van der Waals surface area contributed by atoms with Crippen LogP contribution in [-0.4, -0.2) is 16.0 Å².